The number of hydrogen-bond acceptors (Lipinski definition) is 5. The molecule has 1 unspecified atom stereocenters. The minimum atomic E-state index is -3.64. The van der Waals surface area contributed by atoms with Crippen LogP contribution in [0.1, 0.15) is 0 Å². The zero-order chi connectivity index (χ0) is 11.8. The molecular weight excluding hydrogens is 234 g/mol. The number of nitrogens with zero attached hydrogens (tertiary/aromatic N) is 1. The summed E-state index contributed by atoms with van der Waals surface area (Å²) in [5.41, 5.74) is -0.386. The van der Waals surface area contributed by atoms with Crippen LogP contribution in [0.4, 0.5) is 5.69 Å². The largest absolute Gasteiger partial charge is 0.372 e. The molecule has 1 fully saturated rings. The highest BCUT2D eigenvalue weighted by Crippen LogP contribution is 2.26. The van der Waals surface area contributed by atoms with Gasteiger partial charge in [0.2, 0.25) is 0 Å². The van der Waals surface area contributed by atoms with E-state index in [1.54, 1.807) is 0 Å². The van der Waals surface area contributed by atoms with Gasteiger partial charge in [0.05, 0.1) is 23.4 Å². The molecule has 1 aliphatic rings. The van der Waals surface area contributed by atoms with Gasteiger partial charge in [-0.15, -0.1) is 0 Å². The average molecular weight is 243 g/mol. The number of nitro groups is 1. The minimum absolute atomic E-state index is 0.197. The average Bonchev–Trinajstić information content (AvgIpc) is 3.01. The van der Waals surface area contributed by atoms with E-state index < -0.39 is 14.8 Å². The third kappa shape index (κ3) is 2.20. The molecule has 1 aromatic carbocycles. The Hall–Kier alpha value is -1.47. The summed E-state index contributed by atoms with van der Waals surface area (Å²) in [5.74, 6) is -0.197. The van der Waals surface area contributed by atoms with Crippen molar-refractivity contribution >= 4 is 15.5 Å². The summed E-state index contributed by atoms with van der Waals surface area (Å²) in [4.78, 5) is 9.75. The van der Waals surface area contributed by atoms with Crippen LogP contribution in [0.25, 0.3) is 0 Å². The van der Waals surface area contributed by atoms with Crippen LogP contribution in [0.15, 0.2) is 29.2 Å². The molecule has 0 aliphatic carbocycles. The van der Waals surface area contributed by atoms with Crippen LogP contribution in [-0.4, -0.2) is 31.8 Å². The molecule has 1 saturated heterocycles. The summed E-state index contributed by atoms with van der Waals surface area (Å²) in [6.07, 6.45) is -0.315. The van der Waals surface area contributed by atoms with Crippen LogP contribution in [-0.2, 0) is 14.6 Å². The highest BCUT2D eigenvalue weighted by Gasteiger charge is 2.33. The fourth-order valence-electron chi connectivity index (χ4n) is 1.37. The highest BCUT2D eigenvalue weighted by atomic mass is 32.2. The van der Waals surface area contributed by atoms with Gasteiger partial charge < -0.3 is 4.74 Å². The molecule has 0 N–H and O–H groups in total. The van der Waals surface area contributed by atoms with Crippen molar-refractivity contribution in [3.05, 3.63) is 34.4 Å². The van der Waals surface area contributed by atoms with Crippen molar-refractivity contribution in [2.45, 2.75) is 11.0 Å². The van der Waals surface area contributed by atoms with E-state index >= 15 is 0 Å². The number of para-hydroxylation sites is 1. The number of hydrogen-bond donors (Lipinski definition) is 0. The van der Waals surface area contributed by atoms with E-state index in [9.17, 15) is 18.5 Å². The molecular formula is C9H9NO5S. The summed E-state index contributed by atoms with van der Waals surface area (Å²) in [6.45, 7) is 0.403. The molecule has 2 rings (SSSR count). The molecule has 0 saturated carbocycles. The monoisotopic (exact) mass is 243 g/mol. The molecule has 0 amide bonds. The maximum Gasteiger partial charge on any atom is 0.287 e. The quantitative estimate of drug-likeness (QED) is 0.442. The SMILES string of the molecule is O=[N+]([O-])c1ccccc1S(=O)(=O)CC1CO1. The third-order valence-electron chi connectivity index (χ3n) is 2.20. The van der Waals surface area contributed by atoms with Crippen molar-refractivity contribution in [1.29, 1.82) is 0 Å². The van der Waals surface area contributed by atoms with Gasteiger partial charge in [0.1, 0.15) is 4.90 Å². The molecule has 1 atom stereocenters. The van der Waals surface area contributed by atoms with Crippen LogP contribution < -0.4 is 0 Å². The fourth-order valence-corrected chi connectivity index (χ4v) is 2.98. The summed E-state index contributed by atoms with van der Waals surface area (Å²) in [5, 5.41) is 10.7. The lowest BCUT2D eigenvalue weighted by Gasteiger charge is -2.02. The van der Waals surface area contributed by atoms with Gasteiger partial charge >= 0.3 is 0 Å². The van der Waals surface area contributed by atoms with Crippen molar-refractivity contribution in [1.82, 2.24) is 0 Å². The zero-order valence-corrected chi connectivity index (χ0v) is 9.01. The number of ether oxygens (including phenoxy) is 1. The van der Waals surface area contributed by atoms with Gasteiger partial charge in [-0.1, -0.05) is 12.1 Å². The molecule has 0 aromatic heterocycles. The molecule has 7 heteroatoms. The lowest BCUT2D eigenvalue weighted by Crippen LogP contribution is -2.13. The van der Waals surface area contributed by atoms with Crippen molar-refractivity contribution in [3.63, 3.8) is 0 Å². The molecule has 0 spiro atoms. The van der Waals surface area contributed by atoms with Gasteiger partial charge in [0.15, 0.2) is 9.84 Å². The number of rotatable bonds is 4. The van der Waals surface area contributed by atoms with Crippen molar-refractivity contribution < 1.29 is 18.1 Å². The van der Waals surface area contributed by atoms with Crippen molar-refractivity contribution in [3.8, 4) is 0 Å². The number of nitro benzene ring substituents is 1. The van der Waals surface area contributed by atoms with E-state index in [2.05, 4.69) is 0 Å². The van der Waals surface area contributed by atoms with E-state index in [0.717, 1.165) is 0 Å². The smallest absolute Gasteiger partial charge is 0.287 e. The first-order valence-electron chi connectivity index (χ1n) is 4.58. The predicted octanol–water partition coefficient (Wildman–Crippen LogP) is 0.767. The Morgan fingerprint density at radius 3 is 2.62 bits per heavy atom. The normalized spacial score (nSPS) is 19.4. The second kappa shape index (κ2) is 3.84. The molecule has 1 heterocycles. The molecule has 0 bridgehead atoms. The van der Waals surface area contributed by atoms with Gasteiger partial charge in [-0.05, 0) is 6.07 Å². The predicted molar refractivity (Wildman–Crippen MR) is 54.9 cm³/mol. The van der Waals surface area contributed by atoms with Crippen LogP contribution in [0.3, 0.4) is 0 Å². The second-order valence-electron chi connectivity index (χ2n) is 3.46. The Bertz CT molecular complexity index is 520. The van der Waals surface area contributed by atoms with E-state index in [0.29, 0.717) is 6.61 Å². The van der Waals surface area contributed by atoms with Crippen LogP contribution in [0.5, 0.6) is 0 Å². The molecule has 0 radical (unpaired) electrons. The van der Waals surface area contributed by atoms with Crippen LogP contribution >= 0.6 is 0 Å². The van der Waals surface area contributed by atoms with E-state index in [1.165, 1.54) is 24.3 Å². The molecule has 1 aliphatic heterocycles. The van der Waals surface area contributed by atoms with Gasteiger partial charge in [0, 0.05) is 6.07 Å². The topological polar surface area (TPSA) is 89.8 Å². The molecule has 86 valence electrons. The van der Waals surface area contributed by atoms with Crippen molar-refractivity contribution in [2.24, 2.45) is 0 Å². The number of benzene rings is 1. The van der Waals surface area contributed by atoms with Crippen molar-refractivity contribution in [2.75, 3.05) is 12.4 Å². The first-order chi connectivity index (χ1) is 7.50. The van der Waals surface area contributed by atoms with E-state index in [4.69, 9.17) is 4.74 Å². The summed E-state index contributed by atoms with van der Waals surface area (Å²) in [7, 11) is -3.64. The van der Waals surface area contributed by atoms with Crippen LogP contribution in [0.2, 0.25) is 0 Å². The Morgan fingerprint density at radius 2 is 2.06 bits per heavy atom. The summed E-state index contributed by atoms with van der Waals surface area (Å²) >= 11 is 0. The first-order valence-corrected chi connectivity index (χ1v) is 6.24. The number of epoxide rings is 1. The first kappa shape index (κ1) is 11.0. The standard InChI is InChI=1S/C9H9NO5S/c11-10(12)8-3-1-2-4-9(8)16(13,14)6-7-5-15-7/h1-4,7H,5-6H2. The second-order valence-corrected chi connectivity index (χ2v) is 5.46. The zero-order valence-electron chi connectivity index (χ0n) is 8.20. The van der Waals surface area contributed by atoms with Gasteiger partial charge in [-0.3, -0.25) is 10.1 Å². The van der Waals surface area contributed by atoms with Gasteiger partial charge in [-0.2, -0.15) is 0 Å². The lowest BCUT2D eigenvalue weighted by molar-refractivity contribution is -0.387. The maximum atomic E-state index is 11.8. The third-order valence-corrected chi connectivity index (χ3v) is 4.03. The van der Waals surface area contributed by atoms with Gasteiger partial charge in [0.25, 0.3) is 5.69 Å². The lowest BCUT2D eigenvalue weighted by atomic mass is 10.3. The highest BCUT2D eigenvalue weighted by molar-refractivity contribution is 7.91. The van der Waals surface area contributed by atoms with Gasteiger partial charge in [-0.25, -0.2) is 8.42 Å². The molecule has 6 nitrogen and oxygen atoms in total. The Morgan fingerprint density at radius 1 is 1.44 bits per heavy atom. The molecule has 1 aromatic rings. The summed E-state index contributed by atoms with van der Waals surface area (Å²) < 4.78 is 28.5. The van der Waals surface area contributed by atoms with Crippen LogP contribution in [0, 0.1) is 10.1 Å². The minimum Gasteiger partial charge on any atom is -0.372 e. The number of sulfone groups is 1. The Kier molecular flexibility index (Phi) is 2.64. The fraction of sp³-hybridized carbons (Fsp3) is 0.333. The summed E-state index contributed by atoms with van der Waals surface area (Å²) in [6, 6.07) is 5.33. The maximum absolute atomic E-state index is 11.8. The Labute approximate surface area is 91.9 Å². The Balaban J connectivity index is 2.41. The van der Waals surface area contributed by atoms with E-state index in [-0.39, 0.29) is 22.4 Å². The van der Waals surface area contributed by atoms with E-state index in [1.807, 2.05) is 0 Å². The molecule has 16 heavy (non-hydrogen) atoms.